The zero-order chi connectivity index (χ0) is 14.2. The second-order valence-corrected chi connectivity index (χ2v) is 6.61. The summed E-state index contributed by atoms with van der Waals surface area (Å²) in [4.78, 5) is 0. The van der Waals surface area contributed by atoms with Gasteiger partial charge in [0.2, 0.25) is 0 Å². The summed E-state index contributed by atoms with van der Waals surface area (Å²) >= 11 is 9.35. The van der Waals surface area contributed by atoms with Gasteiger partial charge in [-0.25, -0.2) is 4.39 Å². The summed E-state index contributed by atoms with van der Waals surface area (Å²) in [6.07, 6.45) is 0.874. The molecule has 0 spiro atoms. The van der Waals surface area contributed by atoms with Crippen LogP contribution in [0.5, 0.6) is 0 Å². The second-order valence-electron chi connectivity index (χ2n) is 5.32. The molecule has 2 aromatic rings. The molecule has 0 amide bonds. The van der Waals surface area contributed by atoms with E-state index in [1.54, 1.807) is 0 Å². The lowest BCUT2D eigenvalue weighted by Gasteiger charge is -2.43. The van der Waals surface area contributed by atoms with Gasteiger partial charge >= 0.3 is 0 Å². The van der Waals surface area contributed by atoms with Crippen molar-refractivity contribution in [1.29, 1.82) is 0 Å². The highest BCUT2D eigenvalue weighted by Gasteiger charge is 2.38. The zero-order valence-corrected chi connectivity index (χ0v) is 13.1. The van der Waals surface area contributed by atoms with Crippen LogP contribution in [0.25, 0.3) is 0 Å². The number of halogens is 3. The largest absolute Gasteiger partial charge is 0.315 e. The molecule has 0 atom stereocenters. The van der Waals surface area contributed by atoms with Crippen molar-refractivity contribution in [1.82, 2.24) is 5.32 Å². The van der Waals surface area contributed by atoms with Gasteiger partial charge < -0.3 is 5.32 Å². The average Bonchev–Trinajstić information content (AvgIpc) is 2.38. The number of hydrogen-bond acceptors (Lipinski definition) is 1. The van der Waals surface area contributed by atoms with E-state index in [-0.39, 0.29) is 11.2 Å². The van der Waals surface area contributed by atoms with Crippen LogP contribution in [0.1, 0.15) is 11.1 Å². The zero-order valence-electron chi connectivity index (χ0n) is 10.8. The molecule has 1 fully saturated rings. The van der Waals surface area contributed by atoms with Crippen LogP contribution in [0.4, 0.5) is 4.39 Å². The average molecular weight is 355 g/mol. The minimum atomic E-state index is -0.225. The highest BCUT2D eigenvalue weighted by atomic mass is 79.9. The van der Waals surface area contributed by atoms with E-state index < -0.39 is 0 Å². The van der Waals surface area contributed by atoms with E-state index in [1.165, 1.54) is 11.6 Å². The normalized spacial score (nSPS) is 16.8. The summed E-state index contributed by atoms with van der Waals surface area (Å²) < 4.78 is 13.8. The van der Waals surface area contributed by atoms with E-state index in [4.69, 9.17) is 11.6 Å². The van der Waals surface area contributed by atoms with E-state index >= 15 is 0 Å². The van der Waals surface area contributed by atoms with Crippen molar-refractivity contribution in [3.63, 3.8) is 0 Å². The van der Waals surface area contributed by atoms with Gasteiger partial charge in [0.15, 0.2) is 0 Å². The van der Waals surface area contributed by atoms with Gasteiger partial charge in [-0.3, -0.25) is 0 Å². The van der Waals surface area contributed by atoms with Crippen LogP contribution in [0.3, 0.4) is 0 Å². The van der Waals surface area contributed by atoms with Crippen molar-refractivity contribution < 1.29 is 4.39 Å². The summed E-state index contributed by atoms with van der Waals surface area (Å²) in [5.74, 6) is -0.225. The number of nitrogens with one attached hydrogen (secondary N) is 1. The molecular formula is C16H14BrClFN. The standard InChI is InChI=1S/C16H14BrClFN/c17-14-6-11(4-5-15(14)19)8-16(9-20-10-16)12-2-1-3-13(18)7-12/h1-7,20H,8-10H2. The Labute approximate surface area is 131 Å². The molecule has 2 aromatic carbocycles. The molecule has 20 heavy (non-hydrogen) atoms. The Morgan fingerprint density at radius 1 is 1.20 bits per heavy atom. The Bertz CT molecular complexity index is 640. The van der Waals surface area contributed by atoms with Crippen LogP contribution >= 0.6 is 27.5 Å². The molecule has 0 bridgehead atoms. The van der Waals surface area contributed by atoms with Gasteiger partial charge in [0.25, 0.3) is 0 Å². The van der Waals surface area contributed by atoms with Crippen LogP contribution in [0, 0.1) is 5.82 Å². The maximum Gasteiger partial charge on any atom is 0.137 e. The first-order chi connectivity index (χ1) is 9.59. The fourth-order valence-electron chi connectivity index (χ4n) is 2.72. The molecule has 1 saturated heterocycles. The molecule has 1 N–H and O–H groups in total. The van der Waals surface area contributed by atoms with Gasteiger partial charge in [0.05, 0.1) is 4.47 Å². The highest BCUT2D eigenvalue weighted by Crippen LogP contribution is 2.34. The van der Waals surface area contributed by atoms with Gasteiger partial charge in [-0.2, -0.15) is 0 Å². The first kappa shape index (κ1) is 14.1. The Kier molecular flexibility index (Phi) is 3.85. The van der Waals surface area contributed by atoms with Gasteiger partial charge in [-0.1, -0.05) is 29.8 Å². The molecule has 1 heterocycles. The first-order valence-electron chi connectivity index (χ1n) is 6.50. The van der Waals surface area contributed by atoms with Crippen LogP contribution in [0.15, 0.2) is 46.9 Å². The molecule has 104 valence electrons. The number of benzene rings is 2. The Morgan fingerprint density at radius 2 is 2.00 bits per heavy atom. The molecule has 3 rings (SSSR count). The van der Waals surface area contributed by atoms with E-state index in [9.17, 15) is 4.39 Å². The third-order valence-electron chi connectivity index (χ3n) is 3.89. The fourth-order valence-corrected chi connectivity index (χ4v) is 3.33. The lowest BCUT2D eigenvalue weighted by molar-refractivity contribution is 0.274. The van der Waals surface area contributed by atoms with E-state index in [2.05, 4.69) is 27.3 Å². The van der Waals surface area contributed by atoms with Gasteiger partial charge in [-0.05, 0) is 57.7 Å². The molecule has 1 aliphatic heterocycles. The monoisotopic (exact) mass is 353 g/mol. The fraction of sp³-hybridized carbons (Fsp3) is 0.250. The quantitative estimate of drug-likeness (QED) is 0.865. The topological polar surface area (TPSA) is 12.0 Å². The molecule has 0 aliphatic carbocycles. The van der Waals surface area contributed by atoms with E-state index in [1.807, 2.05) is 30.3 Å². The van der Waals surface area contributed by atoms with Crippen molar-refractivity contribution in [2.24, 2.45) is 0 Å². The van der Waals surface area contributed by atoms with Crippen LogP contribution in [-0.4, -0.2) is 13.1 Å². The third kappa shape index (κ3) is 2.62. The lowest BCUT2D eigenvalue weighted by Crippen LogP contribution is -2.58. The van der Waals surface area contributed by atoms with Crippen LogP contribution in [0.2, 0.25) is 5.02 Å². The van der Waals surface area contributed by atoms with E-state index in [0.29, 0.717) is 4.47 Å². The lowest BCUT2D eigenvalue weighted by atomic mass is 9.71. The summed E-state index contributed by atoms with van der Waals surface area (Å²) in [6.45, 7) is 1.84. The minimum Gasteiger partial charge on any atom is -0.315 e. The first-order valence-corrected chi connectivity index (χ1v) is 7.67. The maximum atomic E-state index is 13.3. The molecule has 1 aliphatic rings. The summed E-state index contributed by atoms with van der Waals surface area (Å²) in [6, 6.07) is 13.2. The molecule has 1 nitrogen and oxygen atoms in total. The van der Waals surface area contributed by atoms with Gasteiger partial charge in [0, 0.05) is 23.5 Å². The Hall–Kier alpha value is -0.900. The number of rotatable bonds is 3. The van der Waals surface area contributed by atoms with Gasteiger partial charge in [0.1, 0.15) is 5.82 Å². The highest BCUT2D eigenvalue weighted by molar-refractivity contribution is 9.10. The van der Waals surface area contributed by atoms with Crippen molar-refractivity contribution in [3.05, 3.63) is 68.9 Å². The molecule has 4 heteroatoms. The summed E-state index contributed by atoms with van der Waals surface area (Å²) in [5, 5.41) is 4.10. The summed E-state index contributed by atoms with van der Waals surface area (Å²) in [7, 11) is 0. The van der Waals surface area contributed by atoms with Crippen LogP contribution in [-0.2, 0) is 11.8 Å². The second kappa shape index (κ2) is 5.47. The summed E-state index contributed by atoms with van der Waals surface area (Å²) in [5.41, 5.74) is 2.42. The molecular weight excluding hydrogens is 341 g/mol. The predicted octanol–water partition coefficient (Wildman–Crippen LogP) is 4.33. The van der Waals surface area contributed by atoms with Crippen molar-refractivity contribution in [2.75, 3.05) is 13.1 Å². The van der Waals surface area contributed by atoms with Crippen molar-refractivity contribution in [3.8, 4) is 0 Å². The molecule has 0 aromatic heterocycles. The molecule has 0 saturated carbocycles. The molecule has 0 unspecified atom stereocenters. The predicted molar refractivity (Wildman–Crippen MR) is 83.8 cm³/mol. The smallest absolute Gasteiger partial charge is 0.137 e. The number of hydrogen-bond donors (Lipinski definition) is 1. The van der Waals surface area contributed by atoms with Crippen molar-refractivity contribution in [2.45, 2.75) is 11.8 Å². The van der Waals surface area contributed by atoms with Crippen LogP contribution < -0.4 is 5.32 Å². The van der Waals surface area contributed by atoms with E-state index in [0.717, 1.165) is 30.1 Å². The Balaban J connectivity index is 1.91. The molecule has 0 radical (unpaired) electrons. The minimum absolute atomic E-state index is 0.0577. The SMILES string of the molecule is Fc1ccc(CC2(c3cccc(Cl)c3)CNC2)cc1Br. The maximum absolute atomic E-state index is 13.3. The Morgan fingerprint density at radius 3 is 2.60 bits per heavy atom. The van der Waals surface area contributed by atoms with Gasteiger partial charge in [-0.15, -0.1) is 0 Å². The van der Waals surface area contributed by atoms with Crippen molar-refractivity contribution >= 4 is 27.5 Å². The third-order valence-corrected chi connectivity index (χ3v) is 4.73.